The Morgan fingerprint density at radius 1 is 1.14 bits per heavy atom. The third-order valence-electron chi connectivity index (χ3n) is 5.40. The first kappa shape index (κ1) is 20.7. The smallest absolute Gasteiger partial charge is 0.264 e. The van der Waals surface area contributed by atoms with E-state index in [1.165, 1.54) is 0 Å². The zero-order chi connectivity index (χ0) is 20.6. The normalized spacial score (nSPS) is 18.5. The van der Waals surface area contributed by atoms with Crippen LogP contribution in [0.1, 0.15) is 58.8 Å². The maximum Gasteiger partial charge on any atom is 0.264 e. The summed E-state index contributed by atoms with van der Waals surface area (Å²) in [5, 5.41) is 11.4. The van der Waals surface area contributed by atoms with Gasteiger partial charge in [0.2, 0.25) is 0 Å². The van der Waals surface area contributed by atoms with Gasteiger partial charge in [-0.2, -0.15) is 0 Å². The number of hydrogen-bond acceptors (Lipinski definition) is 3. The Labute approximate surface area is 174 Å². The maximum absolute atomic E-state index is 13.2. The van der Waals surface area contributed by atoms with E-state index in [2.05, 4.69) is 22.9 Å². The van der Waals surface area contributed by atoms with E-state index < -0.39 is 11.5 Å². The van der Waals surface area contributed by atoms with E-state index in [1.54, 1.807) is 11.0 Å². The van der Waals surface area contributed by atoms with Crippen molar-refractivity contribution in [3.05, 3.63) is 62.6 Å². The minimum Gasteiger partial charge on any atom is -0.375 e. The van der Waals surface area contributed by atoms with Crippen LogP contribution in [0, 0.1) is 20.8 Å². The van der Waals surface area contributed by atoms with Crippen molar-refractivity contribution in [1.29, 1.82) is 0 Å². The Balaban J connectivity index is 2.02. The maximum atomic E-state index is 13.2. The summed E-state index contributed by atoms with van der Waals surface area (Å²) in [6.45, 7) is 8.37. The number of anilines is 1. The van der Waals surface area contributed by atoms with Gasteiger partial charge in [-0.25, -0.2) is 0 Å². The predicted molar refractivity (Wildman–Crippen MR) is 115 cm³/mol. The number of halogens is 1. The molecular formula is C23H26BrNO3. The number of benzene rings is 2. The van der Waals surface area contributed by atoms with E-state index in [1.807, 2.05) is 45.0 Å². The standard InChI is InChI=1S/C23H26BrNO3/c1-5-6-9-25-19-8-7-17(24)12-18(19)23(28,22(25)27)13-20(26)21-15(3)10-14(2)11-16(21)4/h7-8,10-12,28H,5-6,9,13H2,1-4H3/t23-/m1/s1. The van der Waals surface area contributed by atoms with Crippen LogP contribution in [-0.4, -0.2) is 23.3 Å². The summed E-state index contributed by atoms with van der Waals surface area (Å²) in [5.74, 6) is -0.626. The van der Waals surface area contributed by atoms with Crippen molar-refractivity contribution in [1.82, 2.24) is 0 Å². The summed E-state index contributed by atoms with van der Waals surface area (Å²) in [4.78, 5) is 28.0. The number of nitrogens with zero attached hydrogens (tertiary/aromatic N) is 1. The molecule has 148 valence electrons. The predicted octanol–water partition coefficient (Wildman–Crippen LogP) is 4.98. The summed E-state index contributed by atoms with van der Waals surface area (Å²) in [7, 11) is 0. The van der Waals surface area contributed by atoms with Crippen LogP contribution in [0.25, 0.3) is 0 Å². The molecule has 0 fully saturated rings. The zero-order valence-electron chi connectivity index (χ0n) is 16.8. The molecule has 1 aliphatic rings. The molecule has 0 spiro atoms. The molecule has 5 heteroatoms. The number of aryl methyl sites for hydroxylation is 3. The minimum atomic E-state index is -1.84. The molecule has 28 heavy (non-hydrogen) atoms. The second-order valence-corrected chi connectivity index (χ2v) is 8.62. The number of fused-ring (bicyclic) bond motifs is 1. The SMILES string of the molecule is CCCCN1C(=O)[C@@](O)(CC(=O)c2c(C)cc(C)cc2C)c2cc(Br)ccc21. The molecular weight excluding hydrogens is 418 g/mol. The highest BCUT2D eigenvalue weighted by Crippen LogP contribution is 2.44. The molecule has 1 atom stereocenters. The van der Waals surface area contributed by atoms with Crippen molar-refractivity contribution in [2.75, 3.05) is 11.4 Å². The number of hydrogen-bond donors (Lipinski definition) is 1. The quantitative estimate of drug-likeness (QED) is 0.640. The van der Waals surface area contributed by atoms with Crippen molar-refractivity contribution in [2.45, 2.75) is 52.6 Å². The van der Waals surface area contributed by atoms with Crippen LogP contribution in [0.3, 0.4) is 0 Å². The number of carbonyl (C=O) groups excluding carboxylic acids is 2. The summed E-state index contributed by atoms with van der Waals surface area (Å²) in [5.41, 5.74) is 2.77. The van der Waals surface area contributed by atoms with Crippen molar-refractivity contribution < 1.29 is 14.7 Å². The Hall–Kier alpha value is -1.98. The lowest BCUT2D eigenvalue weighted by molar-refractivity contribution is -0.135. The highest BCUT2D eigenvalue weighted by Gasteiger charge is 2.51. The summed E-state index contributed by atoms with van der Waals surface area (Å²) in [6.07, 6.45) is 1.51. The summed E-state index contributed by atoms with van der Waals surface area (Å²) < 4.78 is 0.768. The minimum absolute atomic E-state index is 0.214. The Kier molecular flexibility index (Phi) is 5.78. The monoisotopic (exact) mass is 443 g/mol. The second-order valence-electron chi connectivity index (χ2n) is 7.71. The van der Waals surface area contributed by atoms with Gasteiger partial charge in [-0.05, 0) is 56.5 Å². The van der Waals surface area contributed by atoms with Gasteiger partial charge >= 0.3 is 0 Å². The van der Waals surface area contributed by atoms with E-state index in [9.17, 15) is 14.7 Å². The summed E-state index contributed by atoms with van der Waals surface area (Å²) >= 11 is 3.43. The van der Waals surface area contributed by atoms with Crippen LogP contribution in [0.4, 0.5) is 5.69 Å². The third-order valence-corrected chi connectivity index (χ3v) is 5.89. The van der Waals surface area contributed by atoms with Crippen LogP contribution in [0.2, 0.25) is 0 Å². The lowest BCUT2D eigenvalue weighted by Gasteiger charge is -2.23. The van der Waals surface area contributed by atoms with Gasteiger partial charge in [0, 0.05) is 22.1 Å². The molecule has 0 saturated carbocycles. The number of rotatable bonds is 6. The first-order chi connectivity index (χ1) is 13.2. The third kappa shape index (κ3) is 3.53. The molecule has 3 rings (SSSR count). The number of amides is 1. The van der Waals surface area contributed by atoms with Crippen molar-refractivity contribution >= 4 is 33.3 Å². The highest BCUT2D eigenvalue weighted by atomic mass is 79.9. The first-order valence-electron chi connectivity index (χ1n) is 9.64. The van der Waals surface area contributed by atoms with Gasteiger partial charge in [-0.3, -0.25) is 9.59 Å². The fraction of sp³-hybridized carbons (Fsp3) is 0.391. The molecule has 2 aromatic carbocycles. The van der Waals surface area contributed by atoms with E-state index in [-0.39, 0.29) is 12.2 Å². The molecule has 1 N–H and O–H groups in total. The number of ketones is 1. The Morgan fingerprint density at radius 2 is 1.79 bits per heavy atom. The van der Waals surface area contributed by atoms with E-state index in [0.29, 0.717) is 23.4 Å². The van der Waals surface area contributed by atoms with Gasteiger partial charge in [-0.1, -0.05) is 47.0 Å². The van der Waals surface area contributed by atoms with Gasteiger partial charge in [-0.15, -0.1) is 0 Å². The fourth-order valence-electron chi connectivity index (χ4n) is 4.17. The van der Waals surface area contributed by atoms with Gasteiger partial charge < -0.3 is 10.0 Å². The number of Topliss-reactive ketones (excluding diaryl/α,β-unsaturated/α-hetero) is 1. The van der Waals surface area contributed by atoms with E-state index >= 15 is 0 Å². The van der Waals surface area contributed by atoms with Crippen molar-refractivity contribution in [3.63, 3.8) is 0 Å². The Bertz CT molecular complexity index is 930. The van der Waals surface area contributed by atoms with Gasteiger partial charge in [0.1, 0.15) is 0 Å². The van der Waals surface area contributed by atoms with Gasteiger partial charge in [0.25, 0.3) is 5.91 Å². The largest absolute Gasteiger partial charge is 0.375 e. The molecule has 0 aromatic heterocycles. The molecule has 1 heterocycles. The number of unbranched alkanes of at least 4 members (excludes halogenated alkanes) is 1. The molecule has 1 aliphatic heterocycles. The second kappa shape index (κ2) is 7.80. The lowest BCUT2D eigenvalue weighted by atomic mass is 9.85. The topological polar surface area (TPSA) is 57.6 Å². The highest BCUT2D eigenvalue weighted by molar-refractivity contribution is 9.10. The van der Waals surface area contributed by atoms with Crippen molar-refractivity contribution in [2.24, 2.45) is 0 Å². The molecule has 4 nitrogen and oxygen atoms in total. The number of aliphatic hydroxyl groups is 1. The van der Waals surface area contributed by atoms with Crippen LogP contribution >= 0.6 is 15.9 Å². The molecule has 1 amide bonds. The molecule has 0 unspecified atom stereocenters. The van der Waals surface area contributed by atoms with Crippen LogP contribution in [0.15, 0.2) is 34.8 Å². The van der Waals surface area contributed by atoms with E-state index in [0.717, 1.165) is 34.0 Å². The molecule has 0 radical (unpaired) electrons. The zero-order valence-corrected chi connectivity index (χ0v) is 18.4. The number of carbonyl (C=O) groups is 2. The lowest BCUT2D eigenvalue weighted by Crippen LogP contribution is -2.42. The fourth-order valence-corrected chi connectivity index (χ4v) is 4.53. The first-order valence-corrected chi connectivity index (χ1v) is 10.4. The van der Waals surface area contributed by atoms with Crippen molar-refractivity contribution in [3.8, 4) is 0 Å². The Morgan fingerprint density at radius 3 is 2.39 bits per heavy atom. The molecule has 0 saturated heterocycles. The van der Waals surface area contributed by atoms with Crippen LogP contribution in [-0.2, 0) is 10.4 Å². The van der Waals surface area contributed by atoms with E-state index in [4.69, 9.17) is 0 Å². The summed E-state index contributed by atoms with van der Waals surface area (Å²) in [6, 6.07) is 9.35. The van der Waals surface area contributed by atoms with Crippen LogP contribution in [0.5, 0.6) is 0 Å². The van der Waals surface area contributed by atoms with Gasteiger partial charge in [0.05, 0.1) is 12.1 Å². The molecule has 0 aliphatic carbocycles. The van der Waals surface area contributed by atoms with Crippen LogP contribution < -0.4 is 4.90 Å². The molecule has 2 aromatic rings. The molecule has 0 bridgehead atoms. The van der Waals surface area contributed by atoms with Gasteiger partial charge in [0.15, 0.2) is 11.4 Å². The average Bonchev–Trinajstić information content (AvgIpc) is 2.80. The average molecular weight is 444 g/mol.